The molecule has 0 bridgehead atoms. The van der Waals surface area contributed by atoms with Gasteiger partial charge in [-0.3, -0.25) is 0 Å². The van der Waals surface area contributed by atoms with Crippen molar-refractivity contribution in [1.82, 2.24) is 4.98 Å². The highest BCUT2D eigenvalue weighted by molar-refractivity contribution is 7.99. The fourth-order valence-corrected chi connectivity index (χ4v) is 3.78. The molecule has 1 aromatic rings. The zero-order valence-electron chi connectivity index (χ0n) is 10.2. The van der Waals surface area contributed by atoms with E-state index in [4.69, 9.17) is 5.73 Å². The molecule has 0 saturated heterocycles. The van der Waals surface area contributed by atoms with Crippen molar-refractivity contribution in [2.24, 2.45) is 11.7 Å². The monoisotopic (exact) mass is 236 g/mol. The van der Waals surface area contributed by atoms with Gasteiger partial charge in [-0.25, -0.2) is 4.98 Å². The average Bonchev–Trinajstić information content (AvgIpc) is 2.48. The third kappa shape index (κ3) is 2.58. The molecule has 2 rings (SSSR count). The van der Waals surface area contributed by atoms with E-state index in [9.17, 15) is 0 Å². The van der Waals surface area contributed by atoms with Crippen LogP contribution in [0.1, 0.15) is 31.0 Å². The highest BCUT2D eigenvalue weighted by Gasteiger charge is 2.31. The summed E-state index contributed by atoms with van der Waals surface area (Å²) >= 11 is 1.90. The van der Waals surface area contributed by atoms with E-state index >= 15 is 0 Å². The van der Waals surface area contributed by atoms with Crippen molar-refractivity contribution in [3.63, 3.8) is 0 Å². The molecule has 3 atom stereocenters. The molecule has 0 aromatic carbocycles. The number of rotatable bonds is 2. The minimum atomic E-state index is 0.378. The predicted molar refractivity (Wildman–Crippen MR) is 69.7 cm³/mol. The molecule has 88 valence electrons. The summed E-state index contributed by atoms with van der Waals surface area (Å²) in [6.45, 7) is 6.45. The standard InChI is InChI=1S/C13H20N2S/c1-8-6-9(2)15-13(7-8)16-12-5-4-11(14)10(12)3/h6-7,10-12H,4-5,14H2,1-3H3. The Hall–Kier alpha value is -0.540. The van der Waals surface area contributed by atoms with Gasteiger partial charge in [-0.2, -0.15) is 0 Å². The summed E-state index contributed by atoms with van der Waals surface area (Å²) in [4.78, 5) is 4.58. The molecule has 0 aliphatic heterocycles. The van der Waals surface area contributed by atoms with E-state index in [1.807, 2.05) is 11.8 Å². The number of thioether (sulfide) groups is 1. The van der Waals surface area contributed by atoms with E-state index in [0.29, 0.717) is 17.2 Å². The second-order valence-electron chi connectivity index (χ2n) is 4.88. The molecule has 1 aliphatic carbocycles. The molecular weight excluding hydrogens is 216 g/mol. The van der Waals surface area contributed by atoms with Gasteiger partial charge in [-0.05, 0) is 50.3 Å². The number of aromatic nitrogens is 1. The largest absolute Gasteiger partial charge is 0.327 e. The summed E-state index contributed by atoms with van der Waals surface area (Å²) in [7, 11) is 0. The Morgan fingerprint density at radius 1 is 1.31 bits per heavy atom. The Labute approximate surface area is 102 Å². The summed E-state index contributed by atoms with van der Waals surface area (Å²) in [5.74, 6) is 0.604. The summed E-state index contributed by atoms with van der Waals surface area (Å²) in [6, 6.07) is 4.67. The summed E-state index contributed by atoms with van der Waals surface area (Å²) in [5, 5.41) is 1.80. The molecule has 1 saturated carbocycles. The van der Waals surface area contributed by atoms with Crippen LogP contribution in [0.15, 0.2) is 17.2 Å². The normalized spacial score (nSPS) is 29.6. The maximum atomic E-state index is 6.05. The van der Waals surface area contributed by atoms with E-state index < -0.39 is 0 Å². The Morgan fingerprint density at radius 3 is 2.62 bits per heavy atom. The third-order valence-corrected chi connectivity index (χ3v) is 4.81. The van der Waals surface area contributed by atoms with Crippen molar-refractivity contribution in [2.75, 3.05) is 0 Å². The molecule has 16 heavy (non-hydrogen) atoms. The number of aryl methyl sites for hydroxylation is 2. The topological polar surface area (TPSA) is 38.9 Å². The van der Waals surface area contributed by atoms with E-state index in [0.717, 1.165) is 17.1 Å². The minimum Gasteiger partial charge on any atom is -0.327 e. The SMILES string of the molecule is Cc1cc(C)nc(SC2CCC(N)C2C)c1. The molecule has 0 amide bonds. The Balaban J connectivity index is 2.09. The zero-order chi connectivity index (χ0) is 11.7. The van der Waals surface area contributed by atoms with Crippen molar-refractivity contribution in [3.05, 3.63) is 23.4 Å². The van der Waals surface area contributed by atoms with E-state index in [-0.39, 0.29) is 0 Å². The highest BCUT2D eigenvalue weighted by Crippen LogP contribution is 2.37. The van der Waals surface area contributed by atoms with Crippen molar-refractivity contribution in [2.45, 2.75) is 49.9 Å². The summed E-state index contributed by atoms with van der Waals surface area (Å²) in [6.07, 6.45) is 2.38. The van der Waals surface area contributed by atoms with Crippen LogP contribution in [0.2, 0.25) is 0 Å². The molecule has 1 aliphatic rings. The highest BCUT2D eigenvalue weighted by atomic mass is 32.2. The number of hydrogen-bond donors (Lipinski definition) is 1. The van der Waals surface area contributed by atoms with E-state index in [1.165, 1.54) is 12.0 Å². The number of nitrogens with two attached hydrogens (primary N) is 1. The molecule has 3 unspecified atom stereocenters. The first-order valence-electron chi connectivity index (χ1n) is 5.94. The predicted octanol–water partition coefficient (Wildman–Crippen LogP) is 2.92. The van der Waals surface area contributed by atoms with Crippen molar-refractivity contribution in [1.29, 1.82) is 0 Å². The molecule has 2 nitrogen and oxygen atoms in total. The van der Waals surface area contributed by atoms with Crippen LogP contribution in [-0.4, -0.2) is 16.3 Å². The molecule has 2 N–H and O–H groups in total. The van der Waals surface area contributed by atoms with Crippen LogP contribution in [0.4, 0.5) is 0 Å². The molecular formula is C13H20N2S. The van der Waals surface area contributed by atoms with Gasteiger partial charge in [0.25, 0.3) is 0 Å². The van der Waals surface area contributed by atoms with Crippen LogP contribution in [0.25, 0.3) is 0 Å². The Bertz CT molecular complexity index is 358. The number of pyridine rings is 1. The first-order valence-corrected chi connectivity index (χ1v) is 6.82. The smallest absolute Gasteiger partial charge is 0.0968 e. The second kappa shape index (κ2) is 4.76. The van der Waals surface area contributed by atoms with Gasteiger partial charge >= 0.3 is 0 Å². The van der Waals surface area contributed by atoms with Gasteiger partial charge in [0.2, 0.25) is 0 Å². The van der Waals surface area contributed by atoms with Gasteiger partial charge in [0.15, 0.2) is 0 Å². The lowest BCUT2D eigenvalue weighted by atomic mass is 10.1. The summed E-state index contributed by atoms with van der Waals surface area (Å²) < 4.78 is 0. The quantitative estimate of drug-likeness (QED) is 0.858. The molecule has 1 heterocycles. The maximum absolute atomic E-state index is 6.05. The van der Waals surface area contributed by atoms with E-state index in [2.05, 4.69) is 37.9 Å². The lowest BCUT2D eigenvalue weighted by Gasteiger charge is -2.17. The second-order valence-corrected chi connectivity index (χ2v) is 6.14. The van der Waals surface area contributed by atoms with Gasteiger partial charge in [-0.1, -0.05) is 6.92 Å². The Morgan fingerprint density at radius 2 is 2.06 bits per heavy atom. The van der Waals surface area contributed by atoms with E-state index in [1.54, 1.807) is 0 Å². The van der Waals surface area contributed by atoms with Crippen LogP contribution < -0.4 is 5.73 Å². The fraction of sp³-hybridized carbons (Fsp3) is 0.615. The lowest BCUT2D eigenvalue weighted by molar-refractivity contribution is 0.535. The molecule has 1 aromatic heterocycles. The molecule has 0 radical (unpaired) electrons. The van der Waals surface area contributed by atoms with Crippen LogP contribution >= 0.6 is 11.8 Å². The van der Waals surface area contributed by atoms with Crippen LogP contribution in [0.5, 0.6) is 0 Å². The average molecular weight is 236 g/mol. The first-order chi connectivity index (χ1) is 7.56. The van der Waals surface area contributed by atoms with Crippen LogP contribution in [0, 0.1) is 19.8 Å². The molecule has 0 spiro atoms. The van der Waals surface area contributed by atoms with Crippen molar-refractivity contribution >= 4 is 11.8 Å². The van der Waals surface area contributed by atoms with Gasteiger partial charge in [0.1, 0.15) is 0 Å². The fourth-order valence-electron chi connectivity index (χ4n) is 2.34. The van der Waals surface area contributed by atoms with Gasteiger partial charge in [0.05, 0.1) is 5.03 Å². The third-order valence-electron chi connectivity index (χ3n) is 3.39. The van der Waals surface area contributed by atoms with Gasteiger partial charge in [0, 0.05) is 17.0 Å². The molecule has 1 fully saturated rings. The van der Waals surface area contributed by atoms with Gasteiger partial charge in [-0.15, -0.1) is 11.8 Å². The van der Waals surface area contributed by atoms with Crippen molar-refractivity contribution in [3.8, 4) is 0 Å². The van der Waals surface area contributed by atoms with Crippen LogP contribution in [0.3, 0.4) is 0 Å². The van der Waals surface area contributed by atoms with Crippen LogP contribution in [-0.2, 0) is 0 Å². The zero-order valence-corrected chi connectivity index (χ0v) is 11.1. The minimum absolute atomic E-state index is 0.378. The lowest BCUT2D eigenvalue weighted by Crippen LogP contribution is -2.26. The summed E-state index contributed by atoms with van der Waals surface area (Å²) in [5.41, 5.74) is 8.45. The maximum Gasteiger partial charge on any atom is 0.0968 e. The molecule has 3 heteroatoms. The van der Waals surface area contributed by atoms with Crippen molar-refractivity contribution < 1.29 is 0 Å². The number of hydrogen-bond acceptors (Lipinski definition) is 3. The van der Waals surface area contributed by atoms with Gasteiger partial charge < -0.3 is 5.73 Å². The first kappa shape index (κ1) is 11.9. The Kier molecular flexibility index (Phi) is 3.55. The number of nitrogens with zero attached hydrogens (tertiary/aromatic N) is 1.